The minimum atomic E-state index is -0.866. The molecule has 0 spiro atoms. The molecule has 0 aliphatic carbocycles. The molecular formula is C20H25F2N2OP. The van der Waals surface area contributed by atoms with Crippen LogP contribution in [-0.2, 0) is 6.54 Å². The van der Waals surface area contributed by atoms with Crippen molar-refractivity contribution in [2.75, 3.05) is 0 Å². The molecule has 140 valence electrons. The van der Waals surface area contributed by atoms with Crippen molar-refractivity contribution in [3.05, 3.63) is 59.0 Å². The summed E-state index contributed by atoms with van der Waals surface area (Å²) in [6.45, 7) is 12.3. The van der Waals surface area contributed by atoms with E-state index in [-0.39, 0.29) is 23.4 Å². The van der Waals surface area contributed by atoms with Crippen molar-refractivity contribution in [2.24, 2.45) is 0 Å². The molecule has 6 heteroatoms. The van der Waals surface area contributed by atoms with Gasteiger partial charge < -0.3 is 5.11 Å². The summed E-state index contributed by atoms with van der Waals surface area (Å²) in [5, 5.41) is 15.7. The largest absolute Gasteiger partial charge is 0.510 e. The quantitative estimate of drug-likeness (QED) is 0.751. The Morgan fingerprint density at radius 2 is 1.92 bits per heavy atom. The van der Waals surface area contributed by atoms with E-state index in [1.807, 2.05) is 18.9 Å². The van der Waals surface area contributed by atoms with Gasteiger partial charge in [0.25, 0.3) is 0 Å². The SMILES string of the molecule is C=C1C(C(C)=P)=C(O)C2(C)CCC(C)(C)N2N1Cc1cccc(F)c1F. The van der Waals surface area contributed by atoms with Crippen LogP contribution in [0.5, 0.6) is 0 Å². The van der Waals surface area contributed by atoms with Gasteiger partial charge in [-0.25, -0.2) is 13.8 Å². The molecule has 1 saturated heterocycles. The second-order valence-corrected chi connectivity index (χ2v) is 8.71. The Morgan fingerprint density at radius 3 is 2.54 bits per heavy atom. The van der Waals surface area contributed by atoms with Gasteiger partial charge in [0, 0.05) is 16.7 Å². The third kappa shape index (κ3) is 2.69. The molecule has 2 aliphatic heterocycles. The second-order valence-electron chi connectivity index (χ2n) is 7.96. The van der Waals surface area contributed by atoms with E-state index in [9.17, 15) is 13.9 Å². The third-order valence-electron chi connectivity index (χ3n) is 5.58. The Balaban J connectivity index is 2.15. The molecule has 1 atom stereocenters. The molecule has 1 fully saturated rings. The van der Waals surface area contributed by atoms with Crippen LogP contribution in [0, 0.1) is 11.6 Å². The number of rotatable bonds is 3. The van der Waals surface area contributed by atoms with Crippen LogP contribution in [0.25, 0.3) is 0 Å². The Bertz CT molecular complexity index is 833. The van der Waals surface area contributed by atoms with Crippen molar-refractivity contribution in [3.8, 4) is 0 Å². The number of halogens is 2. The fraction of sp³-hybridized carbons (Fsp3) is 0.450. The Kier molecular flexibility index (Phi) is 4.53. The molecule has 2 aliphatic rings. The van der Waals surface area contributed by atoms with Gasteiger partial charge >= 0.3 is 0 Å². The molecule has 1 unspecified atom stereocenters. The lowest BCUT2D eigenvalue weighted by Gasteiger charge is -2.53. The number of hydrogen-bond acceptors (Lipinski definition) is 3. The van der Waals surface area contributed by atoms with Gasteiger partial charge in [-0.2, -0.15) is 0 Å². The van der Waals surface area contributed by atoms with E-state index < -0.39 is 17.2 Å². The van der Waals surface area contributed by atoms with Gasteiger partial charge in [-0.3, -0.25) is 5.01 Å². The lowest BCUT2D eigenvalue weighted by atomic mass is 9.89. The fourth-order valence-electron chi connectivity index (χ4n) is 4.29. The summed E-state index contributed by atoms with van der Waals surface area (Å²) in [7, 11) is 3.52. The van der Waals surface area contributed by atoms with Crippen LogP contribution in [0.3, 0.4) is 0 Å². The molecule has 0 bridgehead atoms. The van der Waals surface area contributed by atoms with Gasteiger partial charge in [-0.1, -0.05) is 18.7 Å². The van der Waals surface area contributed by atoms with Crippen molar-refractivity contribution in [1.82, 2.24) is 10.0 Å². The molecule has 2 heterocycles. The number of aliphatic hydroxyl groups is 1. The Labute approximate surface area is 155 Å². The van der Waals surface area contributed by atoms with Crippen LogP contribution in [-0.4, -0.2) is 31.5 Å². The van der Waals surface area contributed by atoms with E-state index in [0.29, 0.717) is 11.3 Å². The molecule has 3 nitrogen and oxygen atoms in total. The van der Waals surface area contributed by atoms with Crippen LogP contribution in [0.2, 0.25) is 0 Å². The minimum absolute atomic E-state index is 0.137. The number of hydrogen-bond donors (Lipinski definition) is 1. The smallest absolute Gasteiger partial charge is 0.163 e. The Hall–Kier alpha value is -1.71. The first-order valence-electron chi connectivity index (χ1n) is 8.70. The summed E-state index contributed by atoms with van der Waals surface area (Å²) in [6, 6.07) is 4.19. The summed E-state index contributed by atoms with van der Waals surface area (Å²) in [4.78, 5) is 0. The Morgan fingerprint density at radius 1 is 1.27 bits per heavy atom. The highest BCUT2D eigenvalue weighted by atomic mass is 31.0. The van der Waals surface area contributed by atoms with Gasteiger partial charge in [0.15, 0.2) is 11.6 Å². The van der Waals surface area contributed by atoms with E-state index in [1.165, 1.54) is 6.07 Å². The maximum absolute atomic E-state index is 14.3. The number of aliphatic hydroxyl groups excluding tert-OH is 1. The van der Waals surface area contributed by atoms with E-state index in [4.69, 9.17) is 0 Å². The first kappa shape index (κ1) is 19.1. The lowest BCUT2D eigenvalue weighted by Crippen LogP contribution is -2.62. The van der Waals surface area contributed by atoms with Crippen molar-refractivity contribution >= 4 is 14.2 Å². The zero-order valence-corrected chi connectivity index (χ0v) is 16.7. The van der Waals surface area contributed by atoms with Crippen molar-refractivity contribution in [3.63, 3.8) is 0 Å². The first-order valence-corrected chi connectivity index (χ1v) is 9.20. The first-order chi connectivity index (χ1) is 12.0. The molecule has 0 radical (unpaired) electrons. The molecule has 0 aromatic heterocycles. The maximum Gasteiger partial charge on any atom is 0.163 e. The lowest BCUT2D eigenvalue weighted by molar-refractivity contribution is -0.121. The highest BCUT2D eigenvalue weighted by Crippen LogP contribution is 2.51. The van der Waals surface area contributed by atoms with Gasteiger partial charge in [0.05, 0.1) is 17.8 Å². The summed E-state index contributed by atoms with van der Waals surface area (Å²) in [6.07, 6.45) is 1.61. The van der Waals surface area contributed by atoms with Gasteiger partial charge in [-0.05, 0) is 51.9 Å². The minimum Gasteiger partial charge on any atom is -0.510 e. The maximum atomic E-state index is 14.3. The topological polar surface area (TPSA) is 26.7 Å². The van der Waals surface area contributed by atoms with Gasteiger partial charge in [0.1, 0.15) is 5.76 Å². The van der Waals surface area contributed by atoms with Crippen molar-refractivity contribution in [1.29, 1.82) is 0 Å². The van der Waals surface area contributed by atoms with E-state index in [2.05, 4.69) is 34.3 Å². The second kappa shape index (κ2) is 6.17. The molecule has 1 N–H and O–H groups in total. The van der Waals surface area contributed by atoms with E-state index in [1.54, 1.807) is 6.07 Å². The number of fused-ring (bicyclic) bond motifs is 1. The number of hydrazine groups is 1. The third-order valence-corrected chi connectivity index (χ3v) is 5.83. The number of allylic oxidation sites excluding steroid dienone is 1. The van der Waals surface area contributed by atoms with Crippen LogP contribution in [0.4, 0.5) is 8.78 Å². The zero-order chi connectivity index (χ0) is 19.4. The molecule has 1 aromatic rings. The normalized spacial score (nSPS) is 25.6. The summed E-state index contributed by atoms with van der Waals surface area (Å²) in [5.74, 6) is -1.45. The van der Waals surface area contributed by atoms with Crippen LogP contribution < -0.4 is 0 Å². The average molecular weight is 378 g/mol. The predicted octanol–water partition coefficient (Wildman–Crippen LogP) is 4.99. The molecular weight excluding hydrogens is 353 g/mol. The molecule has 0 amide bonds. The van der Waals surface area contributed by atoms with Crippen molar-refractivity contribution in [2.45, 2.75) is 58.2 Å². The van der Waals surface area contributed by atoms with Crippen LogP contribution in [0.15, 0.2) is 41.8 Å². The summed E-state index contributed by atoms with van der Waals surface area (Å²) < 4.78 is 28.0. The van der Waals surface area contributed by atoms with Crippen LogP contribution >= 0.6 is 8.86 Å². The van der Waals surface area contributed by atoms with Gasteiger partial charge in [0.2, 0.25) is 0 Å². The molecule has 0 saturated carbocycles. The predicted molar refractivity (Wildman–Crippen MR) is 103 cm³/mol. The molecule has 26 heavy (non-hydrogen) atoms. The zero-order valence-electron chi connectivity index (χ0n) is 15.7. The summed E-state index contributed by atoms with van der Waals surface area (Å²) in [5.41, 5.74) is 0.544. The number of benzene rings is 1. The number of nitrogens with zero attached hydrogens (tertiary/aromatic N) is 2. The van der Waals surface area contributed by atoms with Crippen LogP contribution in [0.1, 0.15) is 46.1 Å². The van der Waals surface area contributed by atoms with Crippen molar-refractivity contribution < 1.29 is 13.9 Å². The van der Waals surface area contributed by atoms with E-state index >= 15 is 0 Å². The monoisotopic (exact) mass is 378 g/mol. The average Bonchev–Trinajstić information content (AvgIpc) is 2.79. The highest BCUT2D eigenvalue weighted by Gasteiger charge is 2.56. The summed E-state index contributed by atoms with van der Waals surface area (Å²) >= 11 is 0. The highest BCUT2D eigenvalue weighted by molar-refractivity contribution is 7.22. The van der Waals surface area contributed by atoms with E-state index in [0.717, 1.165) is 24.2 Å². The molecule has 3 rings (SSSR count). The van der Waals surface area contributed by atoms with Gasteiger partial charge in [-0.15, -0.1) is 8.86 Å². The molecule has 1 aromatic carbocycles. The standard InChI is InChI=1S/C20H25F2N2OP/c1-12-16(13(2)26)18(25)20(5)10-9-19(3,4)24(20)23(12)11-14-7-6-8-15(21)17(14)22/h6-8,25-26H,1,9-11H2,2-5H3. The fourth-order valence-corrected chi connectivity index (χ4v) is 4.55.